The molecule has 36 heavy (non-hydrogen) atoms. The molecule has 1 amide bonds. The lowest BCUT2D eigenvalue weighted by atomic mass is 9.89. The van der Waals surface area contributed by atoms with Gasteiger partial charge < -0.3 is 19.1 Å². The van der Waals surface area contributed by atoms with Gasteiger partial charge in [0.15, 0.2) is 0 Å². The Hall–Kier alpha value is -2.77. The molecule has 0 unspecified atom stereocenters. The summed E-state index contributed by atoms with van der Waals surface area (Å²) < 4.78 is 21.9. The fraction of sp³-hybridized carbons (Fsp3) is 0.517. The van der Waals surface area contributed by atoms with Gasteiger partial charge in [0.1, 0.15) is 5.82 Å². The van der Waals surface area contributed by atoms with E-state index >= 15 is 0 Å². The summed E-state index contributed by atoms with van der Waals surface area (Å²) in [5, 5.41) is 1.21. The zero-order chi connectivity index (χ0) is 24.6. The van der Waals surface area contributed by atoms with Crippen molar-refractivity contribution < 1.29 is 13.9 Å². The molecule has 0 bridgehead atoms. The maximum absolute atomic E-state index is 14.3. The molecule has 7 heteroatoms. The molecule has 3 saturated heterocycles. The molecule has 6 nitrogen and oxygen atoms in total. The Bertz CT molecular complexity index is 1250. The first-order valence-electron chi connectivity index (χ1n) is 13.4. The van der Waals surface area contributed by atoms with E-state index in [2.05, 4.69) is 27.6 Å². The van der Waals surface area contributed by atoms with Crippen molar-refractivity contribution in [2.24, 2.45) is 11.8 Å². The number of aromatic nitrogens is 2. The van der Waals surface area contributed by atoms with Gasteiger partial charge in [-0.2, -0.15) is 0 Å². The van der Waals surface area contributed by atoms with Gasteiger partial charge in [-0.05, 0) is 80.2 Å². The molecule has 3 aliphatic heterocycles. The maximum atomic E-state index is 14.3. The highest BCUT2D eigenvalue weighted by molar-refractivity contribution is 5.99. The van der Waals surface area contributed by atoms with Crippen LogP contribution in [-0.4, -0.2) is 71.2 Å². The summed E-state index contributed by atoms with van der Waals surface area (Å²) in [7, 11) is 0. The van der Waals surface area contributed by atoms with E-state index in [-0.39, 0.29) is 11.7 Å². The Morgan fingerprint density at radius 1 is 1.11 bits per heavy atom. The number of nitrogens with zero attached hydrogens (tertiary/aromatic N) is 4. The van der Waals surface area contributed by atoms with E-state index < -0.39 is 0 Å². The highest BCUT2D eigenvalue weighted by atomic mass is 19.1. The van der Waals surface area contributed by atoms with Gasteiger partial charge in [0.2, 0.25) is 0 Å². The van der Waals surface area contributed by atoms with Crippen LogP contribution in [0, 0.1) is 24.6 Å². The molecular formula is C29H35FN4O2. The van der Waals surface area contributed by atoms with Crippen LogP contribution in [0.5, 0.6) is 0 Å². The van der Waals surface area contributed by atoms with Gasteiger partial charge in [0, 0.05) is 63.7 Å². The molecule has 0 saturated carbocycles. The molecule has 0 radical (unpaired) electrons. The van der Waals surface area contributed by atoms with Crippen LogP contribution in [0.2, 0.25) is 0 Å². The van der Waals surface area contributed by atoms with Crippen LogP contribution in [-0.2, 0) is 11.2 Å². The highest BCUT2D eigenvalue weighted by Crippen LogP contribution is 2.33. The second-order valence-corrected chi connectivity index (χ2v) is 10.9. The lowest BCUT2D eigenvalue weighted by molar-refractivity contribution is 0.0254. The average molecular weight is 491 g/mol. The molecule has 2 aromatic heterocycles. The molecule has 3 aromatic rings. The number of benzene rings is 1. The van der Waals surface area contributed by atoms with Crippen molar-refractivity contribution in [1.82, 2.24) is 19.4 Å². The topological polar surface area (TPSA) is 50.6 Å². The molecular weight excluding hydrogens is 455 g/mol. The van der Waals surface area contributed by atoms with E-state index in [4.69, 9.17) is 4.74 Å². The number of ether oxygens (including phenoxy) is 1. The number of pyridine rings is 1. The first-order valence-corrected chi connectivity index (χ1v) is 13.4. The number of carbonyl (C=O) groups is 1. The number of amides is 1. The lowest BCUT2D eigenvalue weighted by Gasteiger charge is -2.42. The van der Waals surface area contributed by atoms with Crippen molar-refractivity contribution in [3.8, 4) is 5.69 Å². The van der Waals surface area contributed by atoms with Crippen LogP contribution in [0.3, 0.4) is 0 Å². The van der Waals surface area contributed by atoms with E-state index in [0.29, 0.717) is 11.5 Å². The SMILES string of the molecule is Cc1cncc2c1c(CC1CN(CC3CCOCC3)C1)cn2-c1ccc(F)cc1C(=O)N1CCCC1. The van der Waals surface area contributed by atoms with Crippen LogP contribution in [0.25, 0.3) is 16.6 Å². The Kier molecular flexibility index (Phi) is 6.52. The third kappa shape index (κ3) is 4.55. The molecule has 3 fully saturated rings. The van der Waals surface area contributed by atoms with Gasteiger partial charge in [0.05, 0.1) is 23.0 Å². The van der Waals surface area contributed by atoms with Crippen molar-refractivity contribution in [3.05, 3.63) is 59.3 Å². The van der Waals surface area contributed by atoms with Gasteiger partial charge >= 0.3 is 0 Å². The van der Waals surface area contributed by atoms with Crippen molar-refractivity contribution >= 4 is 16.8 Å². The summed E-state index contributed by atoms with van der Waals surface area (Å²) in [5.74, 6) is 0.912. The van der Waals surface area contributed by atoms with E-state index in [1.165, 1.54) is 42.5 Å². The quantitative estimate of drug-likeness (QED) is 0.506. The monoisotopic (exact) mass is 490 g/mol. The highest BCUT2D eigenvalue weighted by Gasteiger charge is 2.31. The smallest absolute Gasteiger partial charge is 0.256 e. The number of hydrogen-bond donors (Lipinski definition) is 0. The summed E-state index contributed by atoms with van der Waals surface area (Å²) in [4.78, 5) is 22.2. The van der Waals surface area contributed by atoms with Crippen molar-refractivity contribution in [3.63, 3.8) is 0 Å². The number of carbonyl (C=O) groups excluding carboxylic acids is 1. The molecule has 0 spiro atoms. The standard InChI is InChI=1S/C29H35FN4O2/c1-20-14-31-15-27-28(20)23(12-22-17-32(18-22)16-21-6-10-36-11-7-21)19-34(27)26-5-4-24(30)13-25(26)29(35)33-8-2-3-9-33/h4-5,13-15,19,21-22H,2-3,6-12,16-18H2,1H3. The van der Waals surface area contributed by atoms with Crippen LogP contribution in [0.1, 0.15) is 47.2 Å². The fourth-order valence-corrected chi connectivity index (χ4v) is 6.34. The van der Waals surface area contributed by atoms with Gasteiger partial charge in [0.25, 0.3) is 5.91 Å². The molecule has 5 heterocycles. The third-order valence-corrected chi connectivity index (χ3v) is 8.22. The van der Waals surface area contributed by atoms with E-state index in [1.807, 2.05) is 17.3 Å². The minimum atomic E-state index is -0.383. The summed E-state index contributed by atoms with van der Waals surface area (Å²) in [6.45, 7) is 8.82. The van der Waals surface area contributed by atoms with Crippen LogP contribution >= 0.6 is 0 Å². The first kappa shape index (κ1) is 23.6. The molecule has 6 rings (SSSR count). The van der Waals surface area contributed by atoms with Crippen LogP contribution in [0.15, 0.2) is 36.8 Å². The zero-order valence-corrected chi connectivity index (χ0v) is 21.1. The lowest BCUT2D eigenvalue weighted by Crippen LogP contribution is -2.49. The number of likely N-dealkylation sites (tertiary alicyclic amines) is 2. The number of halogens is 1. The Morgan fingerprint density at radius 2 is 1.89 bits per heavy atom. The number of hydrogen-bond acceptors (Lipinski definition) is 4. The molecule has 3 aliphatic rings. The predicted octanol–water partition coefficient (Wildman–Crippen LogP) is 4.61. The van der Waals surface area contributed by atoms with Crippen molar-refractivity contribution in [2.75, 3.05) is 45.9 Å². The second-order valence-electron chi connectivity index (χ2n) is 10.9. The molecule has 190 valence electrons. The fourth-order valence-electron chi connectivity index (χ4n) is 6.34. The summed E-state index contributed by atoms with van der Waals surface area (Å²) >= 11 is 0. The Balaban J connectivity index is 1.28. The largest absolute Gasteiger partial charge is 0.381 e. The summed E-state index contributed by atoms with van der Waals surface area (Å²) in [6.07, 6.45) is 11.3. The van der Waals surface area contributed by atoms with Crippen molar-refractivity contribution in [1.29, 1.82) is 0 Å². The van der Waals surface area contributed by atoms with E-state index in [9.17, 15) is 9.18 Å². The molecule has 0 aliphatic carbocycles. The molecule has 1 aromatic carbocycles. The molecule has 0 N–H and O–H groups in total. The Morgan fingerprint density at radius 3 is 2.67 bits per heavy atom. The number of aryl methyl sites for hydroxylation is 1. The predicted molar refractivity (Wildman–Crippen MR) is 138 cm³/mol. The summed E-state index contributed by atoms with van der Waals surface area (Å²) in [6, 6.07) is 4.58. The average Bonchev–Trinajstić information content (AvgIpc) is 3.52. The summed E-state index contributed by atoms with van der Waals surface area (Å²) in [5.41, 5.74) is 4.55. The zero-order valence-electron chi connectivity index (χ0n) is 21.1. The van der Waals surface area contributed by atoms with E-state index in [1.54, 1.807) is 6.07 Å². The normalized spacial score (nSPS) is 19.8. The van der Waals surface area contributed by atoms with Gasteiger partial charge in [-0.1, -0.05) is 0 Å². The van der Waals surface area contributed by atoms with E-state index in [0.717, 1.165) is 81.3 Å². The number of rotatable bonds is 6. The van der Waals surface area contributed by atoms with Crippen LogP contribution in [0.4, 0.5) is 4.39 Å². The van der Waals surface area contributed by atoms with Crippen molar-refractivity contribution in [2.45, 2.75) is 39.0 Å². The van der Waals surface area contributed by atoms with Gasteiger partial charge in [-0.15, -0.1) is 0 Å². The third-order valence-electron chi connectivity index (χ3n) is 8.22. The minimum absolute atomic E-state index is 0.0891. The van der Waals surface area contributed by atoms with Gasteiger partial charge in [-0.3, -0.25) is 9.78 Å². The second kappa shape index (κ2) is 9.94. The molecule has 0 atom stereocenters. The van der Waals surface area contributed by atoms with Crippen LogP contribution < -0.4 is 0 Å². The maximum Gasteiger partial charge on any atom is 0.256 e. The minimum Gasteiger partial charge on any atom is -0.381 e. The first-order chi connectivity index (χ1) is 17.6. The van der Waals surface area contributed by atoms with Gasteiger partial charge in [-0.25, -0.2) is 4.39 Å². The number of fused-ring (bicyclic) bond motifs is 1. The Labute approximate surface area is 212 Å².